The Morgan fingerprint density at radius 3 is 1.96 bits per heavy atom. The summed E-state index contributed by atoms with van der Waals surface area (Å²) in [5.74, 6) is -1.93. The van der Waals surface area contributed by atoms with Crippen LogP contribution in [0.4, 0.5) is 0 Å². The van der Waals surface area contributed by atoms with E-state index in [0.29, 0.717) is 12.8 Å². The molecule has 0 aliphatic heterocycles. The highest BCUT2D eigenvalue weighted by atomic mass is 16.6. The summed E-state index contributed by atoms with van der Waals surface area (Å²) in [7, 11) is 0. The zero-order valence-electron chi connectivity index (χ0n) is 14.7. The first kappa shape index (κ1) is 22.5. The Labute approximate surface area is 143 Å². The lowest BCUT2D eigenvalue weighted by Gasteiger charge is -2.21. The number of carbonyl (C=O) groups excluding carboxylic acids is 3. The van der Waals surface area contributed by atoms with E-state index in [1.54, 1.807) is 0 Å². The second-order valence-electron chi connectivity index (χ2n) is 5.70. The first-order valence-corrected chi connectivity index (χ1v) is 8.62. The highest BCUT2D eigenvalue weighted by molar-refractivity contribution is 5.87. The van der Waals surface area contributed by atoms with Gasteiger partial charge >= 0.3 is 11.9 Å². The number of ketones is 1. The Balaban J connectivity index is 4.39. The van der Waals surface area contributed by atoms with E-state index in [-0.39, 0.29) is 12.8 Å². The molecule has 140 valence electrons. The van der Waals surface area contributed by atoms with E-state index in [2.05, 4.69) is 0 Å². The van der Waals surface area contributed by atoms with Crippen LogP contribution in [-0.4, -0.2) is 53.4 Å². The third kappa shape index (κ3) is 10.3. The normalized spacial score (nSPS) is 13.2. The van der Waals surface area contributed by atoms with Gasteiger partial charge in [-0.15, -0.1) is 0 Å². The number of ether oxygens (including phenoxy) is 2. The lowest BCUT2D eigenvalue weighted by Crippen LogP contribution is -2.42. The third-order valence-electron chi connectivity index (χ3n) is 3.47. The molecule has 0 aliphatic rings. The number of hydrogen-bond acceptors (Lipinski definition) is 7. The summed E-state index contributed by atoms with van der Waals surface area (Å²) >= 11 is 0. The maximum absolute atomic E-state index is 11.7. The van der Waals surface area contributed by atoms with Crippen LogP contribution in [0, 0.1) is 0 Å². The second-order valence-corrected chi connectivity index (χ2v) is 5.70. The van der Waals surface area contributed by atoms with Crippen LogP contribution >= 0.6 is 0 Å². The first-order valence-electron chi connectivity index (χ1n) is 8.62. The Morgan fingerprint density at radius 2 is 1.46 bits per heavy atom. The molecule has 2 unspecified atom stereocenters. The fourth-order valence-electron chi connectivity index (χ4n) is 2.03. The molecule has 24 heavy (non-hydrogen) atoms. The molecule has 0 saturated heterocycles. The first-order chi connectivity index (χ1) is 11.5. The van der Waals surface area contributed by atoms with E-state index in [1.807, 2.05) is 13.8 Å². The SMILES string of the molecule is CCCCCC(=O)OCC(O)C(OC(=O)CCCCC)C(=O)CO. The molecule has 0 bridgehead atoms. The molecule has 0 heterocycles. The van der Waals surface area contributed by atoms with Crippen molar-refractivity contribution >= 4 is 17.7 Å². The average Bonchev–Trinajstić information content (AvgIpc) is 2.57. The Bertz CT molecular complexity index is 381. The monoisotopic (exact) mass is 346 g/mol. The topological polar surface area (TPSA) is 110 Å². The molecule has 7 nitrogen and oxygen atoms in total. The molecular formula is C17H30O7. The van der Waals surface area contributed by atoms with Crippen LogP contribution in [-0.2, 0) is 23.9 Å². The molecule has 0 saturated carbocycles. The summed E-state index contributed by atoms with van der Waals surface area (Å²) in [6.45, 7) is 2.68. The van der Waals surface area contributed by atoms with Crippen molar-refractivity contribution in [2.75, 3.05) is 13.2 Å². The summed E-state index contributed by atoms with van der Waals surface area (Å²) < 4.78 is 9.84. The van der Waals surface area contributed by atoms with Crippen LogP contribution in [0.1, 0.15) is 65.2 Å². The molecule has 0 fully saturated rings. The van der Waals surface area contributed by atoms with Gasteiger partial charge in [0.15, 0.2) is 6.10 Å². The molecule has 0 amide bonds. The summed E-state index contributed by atoms with van der Waals surface area (Å²) in [5.41, 5.74) is 0. The van der Waals surface area contributed by atoms with Gasteiger partial charge in [0.25, 0.3) is 0 Å². The summed E-state index contributed by atoms with van der Waals surface area (Å²) in [5, 5.41) is 18.9. The van der Waals surface area contributed by atoms with Crippen molar-refractivity contribution in [1.29, 1.82) is 0 Å². The zero-order chi connectivity index (χ0) is 18.4. The number of rotatable bonds is 14. The molecule has 0 aromatic heterocycles. The van der Waals surface area contributed by atoms with Crippen LogP contribution in [0.3, 0.4) is 0 Å². The van der Waals surface area contributed by atoms with E-state index in [9.17, 15) is 19.5 Å². The minimum atomic E-state index is -1.52. The fourth-order valence-corrected chi connectivity index (χ4v) is 2.03. The van der Waals surface area contributed by atoms with Gasteiger partial charge in [-0.25, -0.2) is 0 Å². The Hall–Kier alpha value is -1.47. The van der Waals surface area contributed by atoms with Gasteiger partial charge < -0.3 is 19.7 Å². The van der Waals surface area contributed by atoms with Crippen LogP contribution < -0.4 is 0 Å². The molecule has 0 rings (SSSR count). The molecule has 2 atom stereocenters. The van der Waals surface area contributed by atoms with Crippen molar-refractivity contribution in [1.82, 2.24) is 0 Å². The van der Waals surface area contributed by atoms with E-state index >= 15 is 0 Å². The Kier molecular flexibility index (Phi) is 13.1. The maximum Gasteiger partial charge on any atom is 0.306 e. The Morgan fingerprint density at radius 1 is 0.917 bits per heavy atom. The molecular weight excluding hydrogens is 316 g/mol. The van der Waals surface area contributed by atoms with E-state index < -0.39 is 43.1 Å². The third-order valence-corrected chi connectivity index (χ3v) is 3.47. The molecule has 0 aliphatic carbocycles. The number of aliphatic hydroxyl groups is 2. The molecule has 0 aromatic carbocycles. The van der Waals surface area contributed by atoms with Gasteiger partial charge in [0, 0.05) is 12.8 Å². The molecule has 0 spiro atoms. The van der Waals surface area contributed by atoms with Gasteiger partial charge in [-0.3, -0.25) is 14.4 Å². The second kappa shape index (κ2) is 13.9. The molecule has 0 aromatic rings. The fraction of sp³-hybridized carbons (Fsp3) is 0.824. The zero-order valence-corrected chi connectivity index (χ0v) is 14.7. The number of unbranched alkanes of at least 4 members (excludes halogenated alkanes) is 4. The molecule has 7 heteroatoms. The maximum atomic E-state index is 11.7. The lowest BCUT2D eigenvalue weighted by molar-refractivity contribution is -0.168. The van der Waals surface area contributed by atoms with Crippen molar-refractivity contribution in [2.24, 2.45) is 0 Å². The number of hydrogen-bond donors (Lipinski definition) is 2. The smallest absolute Gasteiger partial charge is 0.306 e. The van der Waals surface area contributed by atoms with Gasteiger partial charge in [-0.05, 0) is 12.8 Å². The summed E-state index contributed by atoms with van der Waals surface area (Å²) in [6, 6.07) is 0. The number of carbonyl (C=O) groups is 3. The number of aliphatic hydroxyl groups excluding tert-OH is 2. The predicted octanol–water partition coefficient (Wildman–Crippen LogP) is 1.52. The standard InChI is InChI=1S/C17H30O7/c1-3-5-7-9-15(21)23-12-14(20)17(13(19)11-18)24-16(22)10-8-6-4-2/h14,17-18,20H,3-12H2,1-2H3. The summed E-state index contributed by atoms with van der Waals surface area (Å²) in [6.07, 6.45) is 2.32. The number of esters is 2. The molecule has 0 radical (unpaired) electrons. The van der Waals surface area contributed by atoms with Gasteiger partial charge in [0.1, 0.15) is 19.3 Å². The molecule has 2 N–H and O–H groups in total. The average molecular weight is 346 g/mol. The van der Waals surface area contributed by atoms with Crippen LogP contribution in [0.5, 0.6) is 0 Å². The van der Waals surface area contributed by atoms with Gasteiger partial charge in [-0.2, -0.15) is 0 Å². The van der Waals surface area contributed by atoms with Crippen molar-refractivity contribution in [2.45, 2.75) is 77.4 Å². The van der Waals surface area contributed by atoms with Crippen molar-refractivity contribution in [3.63, 3.8) is 0 Å². The minimum Gasteiger partial charge on any atom is -0.463 e. The van der Waals surface area contributed by atoms with Gasteiger partial charge in [0.2, 0.25) is 5.78 Å². The highest BCUT2D eigenvalue weighted by Gasteiger charge is 2.31. The van der Waals surface area contributed by atoms with Gasteiger partial charge in [-0.1, -0.05) is 39.5 Å². The van der Waals surface area contributed by atoms with Crippen LogP contribution in [0.2, 0.25) is 0 Å². The lowest BCUT2D eigenvalue weighted by atomic mass is 10.1. The van der Waals surface area contributed by atoms with E-state index in [1.165, 1.54) is 0 Å². The van der Waals surface area contributed by atoms with Crippen molar-refractivity contribution in [3.05, 3.63) is 0 Å². The quantitative estimate of drug-likeness (QED) is 0.362. The number of Topliss-reactive ketones (excluding diaryl/α,β-unsaturated/α-hetero) is 1. The van der Waals surface area contributed by atoms with E-state index in [4.69, 9.17) is 14.6 Å². The summed E-state index contributed by atoms with van der Waals surface area (Å²) in [4.78, 5) is 34.8. The van der Waals surface area contributed by atoms with Crippen LogP contribution in [0.25, 0.3) is 0 Å². The van der Waals surface area contributed by atoms with Gasteiger partial charge in [0.05, 0.1) is 0 Å². The predicted molar refractivity (Wildman–Crippen MR) is 87.2 cm³/mol. The minimum absolute atomic E-state index is 0.132. The van der Waals surface area contributed by atoms with Crippen molar-refractivity contribution in [3.8, 4) is 0 Å². The largest absolute Gasteiger partial charge is 0.463 e. The van der Waals surface area contributed by atoms with Crippen molar-refractivity contribution < 1.29 is 34.1 Å². The van der Waals surface area contributed by atoms with E-state index in [0.717, 1.165) is 25.7 Å². The van der Waals surface area contributed by atoms with Crippen LogP contribution in [0.15, 0.2) is 0 Å². The highest BCUT2D eigenvalue weighted by Crippen LogP contribution is 2.09.